The maximum absolute atomic E-state index is 11.8. The molecule has 0 aliphatic carbocycles. The summed E-state index contributed by atoms with van der Waals surface area (Å²) in [6.45, 7) is 1.32. The second-order valence-corrected chi connectivity index (χ2v) is 4.10. The molecule has 3 N–H and O–H groups in total. The molecule has 1 aromatic rings. The highest BCUT2D eigenvalue weighted by Crippen LogP contribution is 2.30. The minimum Gasteiger partial charge on any atom is -0.496 e. The van der Waals surface area contributed by atoms with Crippen molar-refractivity contribution in [3.8, 4) is 5.75 Å². The lowest BCUT2D eigenvalue weighted by molar-refractivity contribution is -0.114. The Hall–Kier alpha value is -1.79. The summed E-state index contributed by atoms with van der Waals surface area (Å²) in [6, 6.07) is 2.87. The quantitative estimate of drug-likeness (QED) is 0.754. The van der Waals surface area contributed by atoms with E-state index in [1.807, 2.05) is 0 Å². The predicted octanol–water partition coefficient (Wildman–Crippen LogP) is 1.03. The van der Waals surface area contributed by atoms with Gasteiger partial charge in [0.2, 0.25) is 5.91 Å². The molecule has 0 aliphatic heterocycles. The van der Waals surface area contributed by atoms with E-state index in [0.717, 1.165) is 0 Å². The third kappa shape index (κ3) is 4.11. The molecule has 7 heteroatoms. The average molecular weight is 287 g/mol. The molecule has 0 unspecified atom stereocenters. The number of anilines is 1. The topological polar surface area (TPSA) is 87.7 Å². The Morgan fingerprint density at radius 2 is 2.11 bits per heavy atom. The van der Waals surface area contributed by atoms with Crippen molar-refractivity contribution in [3.63, 3.8) is 0 Å². The Balaban J connectivity index is 3.09. The van der Waals surface area contributed by atoms with E-state index in [1.54, 1.807) is 0 Å². The number of aliphatic hydroxyl groups is 1. The van der Waals surface area contributed by atoms with Gasteiger partial charge in [0.15, 0.2) is 0 Å². The van der Waals surface area contributed by atoms with Crippen molar-refractivity contribution in [1.82, 2.24) is 5.32 Å². The van der Waals surface area contributed by atoms with Crippen LogP contribution in [0.1, 0.15) is 17.3 Å². The van der Waals surface area contributed by atoms with Crippen LogP contribution in [0.3, 0.4) is 0 Å². The van der Waals surface area contributed by atoms with Gasteiger partial charge in [0.1, 0.15) is 5.75 Å². The van der Waals surface area contributed by atoms with Crippen molar-refractivity contribution >= 4 is 29.1 Å². The van der Waals surface area contributed by atoms with E-state index in [1.165, 1.54) is 26.2 Å². The van der Waals surface area contributed by atoms with E-state index in [-0.39, 0.29) is 35.4 Å². The zero-order chi connectivity index (χ0) is 14.4. The molecule has 6 nitrogen and oxygen atoms in total. The largest absolute Gasteiger partial charge is 0.496 e. The standard InChI is InChI=1S/C12H15ClN2O4/c1-7(17)15-10-6-11(19-2)8(5-9(10)13)12(18)14-3-4-16/h5-6,16H,3-4H2,1-2H3,(H,14,18)(H,15,17). The molecule has 0 atom stereocenters. The second kappa shape index (κ2) is 6.96. The fraction of sp³-hybridized carbons (Fsp3) is 0.333. The number of nitrogens with one attached hydrogen (secondary N) is 2. The summed E-state index contributed by atoms with van der Waals surface area (Å²) in [4.78, 5) is 22.8. The number of methoxy groups -OCH3 is 1. The molecule has 19 heavy (non-hydrogen) atoms. The number of benzene rings is 1. The summed E-state index contributed by atoms with van der Waals surface area (Å²) >= 11 is 5.98. The van der Waals surface area contributed by atoms with Crippen molar-refractivity contribution in [2.75, 3.05) is 25.6 Å². The molecule has 0 saturated carbocycles. The average Bonchev–Trinajstić information content (AvgIpc) is 2.37. The van der Waals surface area contributed by atoms with Crippen LogP contribution in [0.4, 0.5) is 5.69 Å². The summed E-state index contributed by atoms with van der Waals surface area (Å²) in [5, 5.41) is 13.9. The highest BCUT2D eigenvalue weighted by atomic mass is 35.5. The molecule has 1 aromatic carbocycles. The van der Waals surface area contributed by atoms with Gasteiger partial charge in [0, 0.05) is 19.5 Å². The minimum atomic E-state index is -0.415. The first-order chi connectivity index (χ1) is 8.99. The van der Waals surface area contributed by atoms with E-state index in [0.29, 0.717) is 5.69 Å². The molecular formula is C12H15ClN2O4. The number of hydrogen-bond donors (Lipinski definition) is 3. The maximum Gasteiger partial charge on any atom is 0.255 e. The van der Waals surface area contributed by atoms with Crippen molar-refractivity contribution in [3.05, 3.63) is 22.7 Å². The Morgan fingerprint density at radius 3 is 2.63 bits per heavy atom. The number of ether oxygens (including phenoxy) is 1. The van der Waals surface area contributed by atoms with Crippen molar-refractivity contribution < 1.29 is 19.4 Å². The van der Waals surface area contributed by atoms with Crippen LogP contribution < -0.4 is 15.4 Å². The monoisotopic (exact) mass is 286 g/mol. The zero-order valence-electron chi connectivity index (χ0n) is 10.6. The Morgan fingerprint density at radius 1 is 1.42 bits per heavy atom. The number of carbonyl (C=O) groups excluding carboxylic acids is 2. The molecule has 0 saturated heterocycles. The summed E-state index contributed by atoms with van der Waals surface area (Å²) < 4.78 is 5.09. The highest BCUT2D eigenvalue weighted by molar-refractivity contribution is 6.34. The first kappa shape index (κ1) is 15.3. The number of halogens is 1. The van der Waals surface area contributed by atoms with Crippen LogP contribution in [0.15, 0.2) is 12.1 Å². The summed E-state index contributed by atoms with van der Waals surface area (Å²) in [6.07, 6.45) is 0. The van der Waals surface area contributed by atoms with E-state index in [9.17, 15) is 9.59 Å². The predicted molar refractivity (Wildman–Crippen MR) is 71.7 cm³/mol. The van der Waals surface area contributed by atoms with Crippen LogP contribution >= 0.6 is 11.6 Å². The summed E-state index contributed by atoms with van der Waals surface area (Å²) in [5.74, 6) is -0.410. The first-order valence-electron chi connectivity index (χ1n) is 5.53. The van der Waals surface area contributed by atoms with Crippen molar-refractivity contribution in [2.24, 2.45) is 0 Å². The number of carbonyl (C=O) groups is 2. The first-order valence-corrected chi connectivity index (χ1v) is 5.91. The van der Waals surface area contributed by atoms with Crippen LogP contribution in [0, 0.1) is 0 Å². The second-order valence-electron chi connectivity index (χ2n) is 3.69. The fourth-order valence-corrected chi connectivity index (χ4v) is 1.66. The number of hydrogen-bond acceptors (Lipinski definition) is 4. The van der Waals surface area contributed by atoms with E-state index >= 15 is 0 Å². The highest BCUT2D eigenvalue weighted by Gasteiger charge is 2.16. The smallest absolute Gasteiger partial charge is 0.255 e. The van der Waals surface area contributed by atoms with Gasteiger partial charge in [-0.15, -0.1) is 0 Å². The molecular weight excluding hydrogens is 272 g/mol. The van der Waals surface area contributed by atoms with Gasteiger partial charge in [0.05, 0.1) is 30.0 Å². The third-order valence-electron chi connectivity index (χ3n) is 2.24. The molecule has 0 heterocycles. The van der Waals surface area contributed by atoms with E-state index < -0.39 is 5.91 Å². The van der Waals surface area contributed by atoms with Crippen molar-refractivity contribution in [1.29, 1.82) is 0 Å². The van der Waals surface area contributed by atoms with E-state index in [4.69, 9.17) is 21.4 Å². The Bertz CT molecular complexity index is 491. The van der Waals surface area contributed by atoms with Crippen LogP contribution in [-0.4, -0.2) is 37.2 Å². The van der Waals surface area contributed by atoms with Gasteiger partial charge in [-0.05, 0) is 6.07 Å². The fourth-order valence-electron chi connectivity index (χ4n) is 1.45. The summed E-state index contributed by atoms with van der Waals surface area (Å²) in [5.41, 5.74) is 0.597. The molecule has 104 valence electrons. The normalized spacial score (nSPS) is 9.89. The SMILES string of the molecule is COc1cc(NC(C)=O)c(Cl)cc1C(=O)NCCO. The molecule has 0 spiro atoms. The van der Waals surface area contributed by atoms with Crippen LogP contribution in [0.25, 0.3) is 0 Å². The molecule has 0 aromatic heterocycles. The van der Waals surface area contributed by atoms with Gasteiger partial charge >= 0.3 is 0 Å². The lowest BCUT2D eigenvalue weighted by Crippen LogP contribution is -2.26. The van der Waals surface area contributed by atoms with Crippen LogP contribution in [0.2, 0.25) is 5.02 Å². The Kier molecular flexibility index (Phi) is 5.59. The van der Waals surface area contributed by atoms with Crippen molar-refractivity contribution in [2.45, 2.75) is 6.92 Å². The number of amides is 2. The molecule has 1 rings (SSSR count). The lowest BCUT2D eigenvalue weighted by Gasteiger charge is -2.12. The summed E-state index contributed by atoms with van der Waals surface area (Å²) in [7, 11) is 1.41. The molecule has 0 radical (unpaired) electrons. The molecule has 0 bridgehead atoms. The lowest BCUT2D eigenvalue weighted by atomic mass is 10.1. The number of rotatable bonds is 5. The third-order valence-corrected chi connectivity index (χ3v) is 2.55. The van der Waals surface area contributed by atoms with Crippen LogP contribution in [0.5, 0.6) is 5.75 Å². The van der Waals surface area contributed by atoms with Gasteiger partial charge in [-0.2, -0.15) is 0 Å². The van der Waals surface area contributed by atoms with E-state index in [2.05, 4.69) is 10.6 Å². The van der Waals surface area contributed by atoms with Gasteiger partial charge in [-0.1, -0.05) is 11.6 Å². The number of aliphatic hydroxyl groups excluding tert-OH is 1. The van der Waals surface area contributed by atoms with Gasteiger partial charge in [-0.25, -0.2) is 0 Å². The Labute approximate surface area is 115 Å². The molecule has 0 fully saturated rings. The zero-order valence-corrected chi connectivity index (χ0v) is 11.4. The molecule has 2 amide bonds. The minimum absolute atomic E-state index is 0.132. The molecule has 0 aliphatic rings. The van der Waals surface area contributed by atoms with Gasteiger partial charge in [0.25, 0.3) is 5.91 Å². The van der Waals surface area contributed by atoms with Gasteiger partial charge in [-0.3, -0.25) is 9.59 Å². The van der Waals surface area contributed by atoms with Gasteiger partial charge < -0.3 is 20.5 Å². The maximum atomic E-state index is 11.8. The van der Waals surface area contributed by atoms with Crippen LogP contribution in [-0.2, 0) is 4.79 Å².